The van der Waals surface area contributed by atoms with Crippen molar-refractivity contribution in [3.05, 3.63) is 71.3 Å². The highest BCUT2D eigenvalue weighted by Gasteiger charge is 2.24. The summed E-state index contributed by atoms with van der Waals surface area (Å²) in [7, 11) is 0. The molecule has 1 aliphatic heterocycles. The summed E-state index contributed by atoms with van der Waals surface area (Å²) in [5.41, 5.74) is 3.12. The van der Waals surface area contributed by atoms with Crippen LogP contribution in [-0.4, -0.2) is 44.5 Å². The van der Waals surface area contributed by atoms with E-state index in [1.807, 2.05) is 48.9 Å². The normalized spacial score (nSPS) is 17.7. The maximum atomic E-state index is 5.94. The first kappa shape index (κ1) is 18.8. The fraction of sp³-hybridized carbons (Fsp3) is 0.278. The standard InChI is InChI=1S/C18H19ClN6.ClH/c19-15-3-5-17(6-4-15)25-13-16(22-23-25)12-24-9-8-21-11-18(24)14-2-1-7-20-10-14;/h1-7,10,13,18,21H,8-9,11-12H2;1H. The first-order valence-corrected chi connectivity index (χ1v) is 8.69. The topological polar surface area (TPSA) is 58.9 Å². The summed E-state index contributed by atoms with van der Waals surface area (Å²) in [5.74, 6) is 0. The molecule has 4 rings (SSSR count). The van der Waals surface area contributed by atoms with Crippen LogP contribution in [-0.2, 0) is 6.54 Å². The minimum Gasteiger partial charge on any atom is -0.314 e. The van der Waals surface area contributed by atoms with E-state index in [2.05, 4.69) is 31.6 Å². The molecular weight excluding hydrogens is 371 g/mol. The zero-order valence-electron chi connectivity index (χ0n) is 14.1. The lowest BCUT2D eigenvalue weighted by Crippen LogP contribution is -2.45. The molecule has 3 aromatic rings. The van der Waals surface area contributed by atoms with Crippen molar-refractivity contribution in [2.24, 2.45) is 0 Å². The van der Waals surface area contributed by atoms with Crippen LogP contribution >= 0.6 is 24.0 Å². The Bertz CT molecular complexity index is 821. The third kappa shape index (κ3) is 4.22. The minimum atomic E-state index is 0. The fourth-order valence-electron chi connectivity index (χ4n) is 3.14. The molecule has 1 fully saturated rings. The number of rotatable bonds is 4. The molecule has 1 N–H and O–H groups in total. The molecule has 1 unspecified atom stereocenters. The van der Waals surface area contributed by atoms with Crippen LogP contribution in [0.25, 0.3) is 5.69 Å². The zero-order chi connectivity index (χ0) is 17.1. The predicted molar refractivity (Wildman–Crippen MR) is 104 cm³/mol. The summed E-state index contributed by atoms with van der Waals surface area (Å²) >= 11 is 5.94. The Labute approximate surface area is 163 Å². The molecule has 0 aliphatic carbocycles. The molecule has 0 bridgehead atoms. The van der Waals surface area contributed by atoms with Gasteiger partial charge in [-0.05, 0) is 35.9 Å². The molecule has 26 heavy (non-hydrogen) atoms. The highest BCUT2D eigenvalue weighted by molar-refractivity contribution is 6.30. The van der Waals surface area contributed by atoms with Crippen molar-refractivity contribution in [2.45, 2.75) is 12.6 Å². The Hall–Kier alpha value is -1.99. The number of benzene rings is 1. The second-order valence-electron chi connectivity index (χ2n) is 6.11. The van der Waals surface area contributed by atoms with Crippen molar-refractivity contribution in [3.63, 3.8) is 0 Å². The van der Waals surface area contributed by atoms with Crippen LogP contribution in [0.5, 0.6) is 0 Å². The average Bonchev–Trinajstić information content (AvgIpc) is 3.12. The molecule has 0 spiro atoms. The van der Waals surface area contributed by atoms with Crippen LogP contribution in [0.1, 0.15) is 17.3 Å². The zero-order valence-corrected chi connectivity index (χ0v) is 15.7. The summed E-state index contributed by atoms with van der Waals surface area (Å²) in [6, 6.07) is 12.0. The van der Waals surface area contributed by atoms with Crippen LogP contribution < -0.4 is 5.32 Å². The Balaban J connectivity index is 0.00000196. The summed E-state index contributed by atoms with van der Waals surface area (Å²) in [6.07, 6.45) is 5.72. The second-order valence-corrected chi connectivity index (χ2v) is 6.54. The van der Waals surface area contributed by atoms with Crippen molar-refractivity contribution in [3.8, 4) is 5.69 Å². The number of aromatic nitrogens is 4. The molecule has 1 aliphatic rings. The van der Waals surface area contributed by atoms with E-state index in [-0.39, 0.29) is 12.4 Å². The van der Waals surface area contributed by atoms with Crippen LogP contribution in [0.15, 0.2) is 55.0 Å². The number of piperazine rings is 1. The number of nitrogens with one attached hydrogen (secondary N) is 1. The third-order valence-electron chi connectivity index (χ3n) is 4.42. The molecular formula is C18H20Cl2N6. The number of hydrogen-bond donors (Lipinski definition) is 1. The summed E-state index contributed by atoms with van der Waals surface area (Å²) in [6.45, 7) is 3.61. The number of hydrogen-bond acceptors (Lipinski definition) is 5. The van der Waals surface area contributed by atoms with Gasteiger partial charge in [-0.25, -0.2) is 4.68 Å². The Morgan fingerprint density at radius 2 is 2.04 bits per heavy atom. The lowest BCUT2D eigenvalue weighted by Gasteiger charge is -2.35. The quantitative estimate of drug-likeness (QED) is 0.741. The van der Waals surface area contributed by atoms with E-state index in [4.69, 9.17) is 11.6 Å². The van der Waals surface area contributed by atoms with Crippen molar-refractivity contribution in [2.75, 3.05) is 19.6 Å². The Morgan fingerprint density at radius 1 is 1.19 bits per heavy atom. The van der Waals surface area contributed by atoms with E-state index in [1.54, 1.807) is 4.68 Å². The average molecular weight is 391 g/mol. The van der Waals surface area contributed by atoms with Crippen LogP contribution in [0.4, 0.5) is 0 Å². The van der Waals surface area contributed by atoms with Crippen molar-refractivity contribution < 1.29 is 0 Å². The number of pyridine rings is 1. The maximum Gasteiger partial charge on any atom is 0.0972 e. The van der Waals surface area contributed by atoms with E-state index >= 15 is 0 Å². The molecule has 8 heteroatoms. The summed E-state index contributed by atoms with van der Waals surface area (Å²) in [5, 5.41) is 12.8. The maximum absolute atomic E-state index is 5.94. The van der Waals surface area contributed by atoms with E-state index in [0.29, 0.717) is 11.1 Å². The number of halogens is 2. The SMILES string of the molecule is Cl.Clc1ccc(-n2cc(CN3CCNCC3c3cccnc3)nn2)cc1. The van der Waals surface area contributed by atoms with E-state index < -0.39 is 0 Å². The van der Waals surface area contributed by atoms with Gasteiger partial charge < -0.3 is 5.32 Å². The highest BCUT2D eigenvalue weighted by Crippen LogP contribution is 2.23. The van der Waals surface area contributed by atoms with E-state index in [0.717, 1.165) is 37.6 Å². The largest absolute Gasteiger partial charge is 0.314 e. The predicted octanol–water partition coefficient (Wildman–Crippen LogP) is 2.88. The van der Waals surface area contributed by atoms with Crippen LogP contribution in [0, 0.1) is 0 Å². The molecule has 0 amide bonds. The molecule has 0 radical (unpaired) electrons. The Morgan fingerprint density at radius 3 is 2.81 bits per heavy atom. The van der Waals surface area contributed by atoms with Gasteiger partial charge >= 0.3 is 0 Å². The van der Waals surface area contributed by atoms with Gasteiger partial charge in [0.2, 0.25) is 0 Å². The molecule has 1 aromatic carbocycles. The lowest BCUT2D eigenvalue weighted by atomic mass is 10.1. The third-order valence-corrected chi connectivity index (χ3v) is 4.67. The van der Waals surface area contributed by atoms with Crippen LogP contribution in [0.2, 0.25) is 5.02 Å². The van der Waals surface area contributed by atoms with Gasteiger partial charge in [-0.15, -0.1) is 17.5 Å². The molecule has 136 valence electrons. The second kappa shape index (κ2) is 8.60. The lowest BCUT2D eigenvalue weighted by molar-refractivity contribution is 0.151. The minimum absolute atomic E-state index is 0. The molecule has 1 atom stereocenters. The molecule has 6 nitrogen and oxygen atoms in total. The van der Waals surface area contributed by atoms with Crippen molar-refractivity contribution >= 4 is 24.0 Å². The van der Waals surface area contributed by atoms with Gasteiger partial charge in [0.15, 0.2) is 0 Å². The van der Waals surface area contributed by atoms with Gasteiger partial charge in [-0.3, -0.25) is 9.88 Å². The summed E-state index contributed by atoms with van der Waals surface area (Å²) < 4.78 is 1.78. The Kier molecular flexibility index (Phi) is 6.21. The van der Waals surface area contributed by atoms with Gasteiger partial charge in [-0.2, -0.15) is 0 Å². The molecule has 0 saturated carbocycles. The van der Waals surface area contributed by atoms with Gasteiger partial charge in [0.05, 0.1) is 17.6 Å². The first-order chi connectivity index (χ1) is 12.3. The van der Waals surface area contributed by atoms with Crippen molar-refractivity contribution in [1.29, 1.82) is 0 Å². The first-order valence-electron chi connectivity index (χ1n) is 8.31. The van der Waals surface area contributed by atoms with Crippen molar-refractivity contribution in [1.82, 2.24) is 30.2 Å². The monoisotopic (exact) mass is 390 g/mol. The van der Waals surface area contributed by atoms with Gasteiger partial charge in [0, 0.05) is 49.6 Å². The number of nitrogens with zero attached hydrogens (tertiary/aromatic N) is 5. The van der Waals surface area contributed by atoms with Gasteiger partial charge in [-0.1, -0.05) is 22.9 Å². The van der Waals surface area contributed by atoms with Crippen LogP contribution in [0.3, 0.4) is 0 Å². The smallest absolute Gasteiger partial charge is 0.0972 e. The van der Waals surface area contributed by atoms with E-state index in [1.165, 1.54) is 5.56 Å². The van der Waals surface area contributed by atoms with Gasteiger partial charge in [0.25, 0.3) is 0 Å². The van der Waals surface area contributed by atoms with E-state index in [9.17, 15) is 0 Å². The molecule has 1 saturated heterocycles. The van der Waals surface area contributed by atoms with Gasteiger partial charge in [0.1, 0.15) is 0 Å². The highest BCUT2D eigenvalue weighted by atomic mass is 35.5. The molecule has 3 heterocycles. The summed E-state index contributed by atoms with van der Waals surface area (Å²) in [4.78, 5) is 6.68. The molecule has 2 aromatic heterocycles. The fourth-order valence-corrected chi connectivity index (χ4v) is 3.26.